The van der Waals surface area contributed by atoms with E-state index >= 15 is 0 Å². The Morgan fingerprint density at radius 2 is 2.10 bits per heavy atom. The van der Waals surface area contributed by atoms with Gasteiger partial charge in [0.1, 0.15) is 11.7 Å². The molecular weight excluding hydrogens is 266 g/mol. The molecule has 6 nitrogen and oxygen atoms in total. The summed E-state index contributed by atoms with van der Waals surface area (Å²) in [6, 6.07) is 10.1. The molecule has 0 radical (unpaired) electrons. The number of benzene rings is 1. The van der Waals surface area contributed by atoms with Crippen LogP contribution in [0.2, 0.25) is 0 Å². The molecule has 6 heteroatoms. The van der Waals surface area contributed by atoms with Crippen molar-refractivity contribution in [3.63, 3.8) is 0 Å². The predicted molar refractivity (Wildman–Crippen MR) is 83.6 cm³/mol. The predicted octanol–water partition coefficient (Wildman–Crippen LogP) is 1.83. The number of rotatable bonds is 7. The van der Waals surface area contributed by atoms with Crippen molar-refractivity contribution in [2.75, 3.05) is 18.0 Å². The van der Waals surface area contributed by atoms with Gasteiger partial charge < -0.3 is 20.4 Å². The second kappa shape index (κ2) is 7.33. The molecule has 0 saturated heterocycles. The quantitative estimate of drug-likeness (QED) is 0.352. The molecule has 0 spiro atoms. The van der Waals surface area contributed by atoms with Crippen LogP contribution in [0.25, 0.3) is 0 Å². The van der Waals surface area contributed by atoms with Gasteiger partial charge in [-0.3, -0.25) is 0 Å². The highest BCUT2D eigenvalue weighted by atomic mass is 16.4. The molecule has 0 unspecified atom stereocenters. The van der Waals surface area contributed by atoms with Crippen molar-refractivity contribution in [3.8, 4) is 0 Å². The number of aryl methyl sites for hydroxylation is 1. The molecule has 0 atom stereocenters. The lowest BCUT2D eigenvalue weighted by molar-refractivity contribution is 0.317. The van der Waals surface area contributed by atoms with Gasteiger partial charge in [0.25, 0.3) is 0 Å². The van der Waals surface area contributed by atoms with Crippen molar-refractivity contribution in [1.29, 1.82) is 0 Å². The van der Waals surface area contributed by atoms with Crippen LogP contribution in [0.5, 0.6) is 0 Å². The second-order valence-electron chi connectivity index (χ2n) is 4.83. The normalized spacial score (nSPS) is 11.6. The van der Waals surface area contributed by atoms with Crippen molar-refractivity contribution in [2.24, 2.45) is 10.9 Å². The van der Waals surface area contributed by atoms with E-state index in [0.717, 1.165) is 24.6 Å². The number of aromatic nitrogens is 2. The van der Waals surface area contributed by atoms with Gasteiger partial charge in [-0.25, -0.2) is 4.98 Å². The first-order chi connectivity index (χ1) is 10.2. The second-order valence-corrected chi connectivity index (χ2v) is 4.83. The van der Waals surface area contributed by atoms with Crippen molar-refractivity contribution in [1.82, 2.24) is 9.55 Å². The van der Waals surface area contributed by atoms with E-state index in [1.54, 1.807) is 6.20 Å². The molecule has 0 aliphatic carbocycles. The summed E-state index contributed by atoms with van der Waals surface area (Å²) in [6.07, 6.45) is 4.30. The minimum Gasteiger partial charge on any atom is -0.409 e. The highest BCUT2D eigenvalue weighted by Gasteiger charge is 2.08. The van der Waals surface area contributed by atoms with E-state index in [4.69, 9.17) is 10.9 Å². The summed E-state index contributed by atoms with van der Waals surface area (Å²) in [6.45, 7) is 4.37. The number of para-hydroxylation sites is 1. The highest BCUT2D eigenvalue weighted by Crippen LogP contribution is 2.14. The van der Waals surface area contributed by atoms with Crippen LogP contribution in [0.15, 0.2) is 47.9 Å². The van der Waals surface area contributed by atoms with Crippen LogP contribution >= 0.6 is 0 Å². The smallest absolute Gasteiger partial charge is 0.140 e. The molecule has 0 aliphatic rings. The summed E-state index contributed by atoms with van der Waals surface area (Å²) in [5.74, 6) is 1.24. The maximum absolute atomic E-state index is 8.67. The summed E-state index contributed by atoms with van der Waals surface area (Å²) in [5.41, 5.74) is 6.70. The Kier molecular flexibility index (Phi) is 5.20. The Bertz CT molecular complexity index is 579. The van der Waals surface area contributed by atoms with Gasteiger partial charge in [0.05, 0.1) is 0 Å². The Labute approximate surface area is 124 Å². The first-order valence-electron chi connectivity index (χ1n) is 6.95. The van der Waals surface area contributed by atoms with E-state index in [1.165, 1.54) is 0 Å². The van der Waals surface area contributed by atoms with Crippen LogP contribution < -0.4 is 10.6 Å². The lowest BCUT2D eigenvalue weighted by Crippen LogP contribution is -2.31. The van der Waals surface area contributed by atoms with Crippen LogP contribution in [0, 0.1) is 6.92 Å². The fourth-order valence-corrected chi connectivity index (χ4v) is 2.18. The Morgan fingerprint density at radius 3 is 2.71 bits per heavy atom. The average Bonchev–Trinajstić information content (AvgIpc) is 2.93. The van der Waals surface area contributed by atoms with Gasteiger partial charge in [-0.05, 0) is 19.1 Å². The molecule has 1 heterocycles. The van der Waals surface area contributed by atoms with Gasteiger partial charge >= 0.3 is 0 Å². The maximum atomic E-state index is 8.67. The molecule has 3 N–H and O–H groups in total. The van der Waals surface area contributed by atoms with Crippen molar-refractivity contribution < 1.29 is 5.21 Å². The third kappa shape index (κ3) is 4.24. The molecule has 0 fully saturated rings. The molecule has 1 aromatic heterocycles. The number of nitrogens with two attached hydrogens (primary N) is 1. The monoisotopic (exact) mass is 287 g/mol. The summed E-state index contributed by atoms with van der Waals surface area (Å²) < 4.78 is 2.11. The van der Waals surface area contributed by atoms with Crippen molar-refractivity contribution in [2.45, 2.75) is 19.9 Å². The zero-order valence-corrected chi connectivity index (χ0v) is 12.2. The standard InChI is InChI=1S/C15H21N5O/c1-13-17-8-10-19(13)11-12-20(9-7-15(16)18-21)14-5-3-2-4-6-14/h2-6,8,10,21H,7,9,11-12H2,1H3,(H2,16,18). The Morgan fingerprint density at radius 1 is 1.33 bits per heavy atom. The summed E-state index contributed by atoms with van der Waals surface area (Å²) in [7, 11) is 0. The third-order valence-corrected chi connectivity index (χ3v) is 3.42. The number of nitrogens with zero attached hydrogens (tertiary/aromatic N) is 4. The molecular formula is C15H21N5O. The van der Waals surface area contributed by atoms with E-state index < -0.39 is 0 Å². The summed E-state index contributed by atoms with van der Waals surface area (Å²) in [5, 5.41) is 11.7. The first kappa shape index (κ1) is 14.9. The molecule has 1 aromatic carbocycles. The Balaban J connectivity index is 2.03. The van der Waals surface area contributed by atoms with E-state index in [0.29, 0.717) is 13.0 Å². The summed E-state index contributed by atoms with van der Waals surface area (Å²) in [4.78, 5) is 6.45. The maximum Gasteiger partial charge on any atom is 0.140 e. The van der Waals surface area contributed by atoms with Crippen molar-refractivity contribution >= 4 is 11.5 Å². The van der Waals surface area contributed by atoms with Gasteiger partial charge in [-0.1, -0.05) is 23.4 Å². The molecule has 0 aliphatic heterocycles. The number of oxime groups is 1. The third-order valence-electron chi connectivity index (χ3n) is 3.42. The van der Waals surface area contributed by atoms with Gasteiger partial charge in [-0.2, -0.15) is 0 Å². The lowest BCUT2D eigenvalue weighted by atomic mass is 10.2. The fraction of sp³-hybridized carbons (Fsp3) is 0.333. The highest BCUT2D eigenvalue weighted by molar-refractivity contribution is 5.80. The van der Waals surface area contributed by atoms with Crippen LogP contribution in [-0.2, 0) is 6.54 Å². The minimum absolute atomic E-state index is 0.245. The van der Waals surface area contributed by atoms with Gasteiger partial charge in [-0.15, -0.1) is 0 Å². The van der Waals surface area contributed by atoms with Gasteiger partial charge in [0, 0.05) is 44.1 Å². The van der Waals surface area contributed by atoms with Crippen LogP contribution in [0.4, 0.5) is 5.69 Å². The van der Waals surface area contributed by atoms with Crippen LogP contribution in [0.3, 0.4) is 0 Å². The van der Waals surface area contributed by atoms with E-state index in [1.807, 2.05) is 31.3 Å². The number of anilines is 1. The molecule has 2 aromatic rings. The number of hydrogen-bond donors (Lipinski definition) is 2. The average molecular weight is 287 g/mol. The number of imidazole rings is 1. The van der Waals surface area contributed by atoms with E-state index in [-0.39, 0.29) is 5.84 Å². The van der Waals surface area contributed by atoms with Gasteiger partial charge in [0.15, 0.2) is 0 Å². The van der Waals surface area contributed by atoms with Crippen LogP contribution in [0.1, 0.15) is 12.2 Å². The summed E-state index contributed by atoms with van der Waals surface area (Å²) >= 11 is 0. The lowest BCUT2D eigenvalue weighted by Gasteiger charge is -2.25. The number of amidine groups is 1. The fourth-order valence-electron chi connectivity index (χ4n) is 2.18. The van der Waals surface area contributed by atoms with Crippen LogP contribution in [-0.4, -0.2) is 33.7 Å². The molecule has 112 valence electrons. The molecule has 2 rings (SSSR count). The zero-order chi connectivity index (χ0) is 15.1. The molecule has 0 amide bonds. The molecule has 0 saturated carbocycles. The Hall–Kier alpha value is -2.50. The zero-order valence-electron chi connectivity index (χ0n) is 12.2. The molecule has 21 heavy (non-hydrogen) atoms. The van der Waals surface area contributed by atoms with Gasteiger partial charge in [0.2, 0.25) is 0 Å². The minimum atomic E-state index is 0.245. The largest absolute Gasteiger partial charge is 0.409 e. The van der Waals surface area contributed by atoms with Crippen molar-refractivity contribution in [3.05, 3.63) is 48.5 Å². The molecule has 0 bridgehead atoms. The SMILES string of the molecule is Cc1nccn1CCN(CCC(N)=NO)c1ccccc1. The number of hydrogen-bond acceptors (Lipinski definition) is 4. The van der Waals surface area contributed by atoms with E-state index in [9.17, 15) is 0 Å². The first-order valence-corrected chi connectivity index (χ1v) is 6.95. The van der Waals surface area contributed by atoms with E-state index in [2.05, 4.69) is 31.7 Å². The topological polar surface area (TPSA) is 79.7 Å².